The molecule has 23 heavy (non-hydrogen) atoms. The van der Waals surface area contributed by atoms with Crippen molar-refractivity contribution in [3.8, 4) is 0 Å². The topological polar surface area (TPSA) is 85.1 Å². The minimum Gasteiger partial charge on any atom is -0.290 e. The first kappa shape index (κ1) is 13.7. The van der Waals surface area contributed by atoms with E-state index >= 15 is 0 Å². The average Bonchev–Trinajstić information content (AvgIpc) is 3.15. The highest BCUT2D eigenvalue weighted by Crippen LogP contribution is 2.34. The molecule has 0 saturated carbocycles. The van der Waals surface area contributed by atoms with Gasteiger partial charge in [0.05, 0.1) is 18.0 Å². The zero-order valence-electron chi connectivity index (χ0n) is 12.3. The third kappa shape index (κ3) is 2.23. The van der Waals surface area contributed by atoms with Crippen LogP contribution in [0.3, 0.4) is 0 Å². The van der Waals surface area contributed by atoms with Gasteiger partial charge < -0.3 is 0 Å². The Morgan fingerprint density at radius 2 is 2.17 bits per heavy atom. The van der Waals surface area contributed by atoms with E-state index in [0.717, 1.165) is 36.5 Å². The van der Waals surface area contributed by atoms with Crippen molar-refractivity contribution in [2.24, 2.45) is 0 Å². The first-order chi connectivity index (χ1) is 11.1. The number of hydrogen-bond acceptors (Lipinski definition) is 5. The molecule has 1 unspecified atom stereocenters. The summed E-state index contributed by atoms with van der Waals surface area (Å²) in [5.74, 6) is -0.529. The van der Waals surface area contributed by atoms with Crippen molar-refractivity contribution >= 4 is 17.5 Å². The normalized spacial score (nSPS) is 16.5. The number of nitrogens with zero attached hydrogens (tertiary/aromatic N) is 5. The van der Waals surface area contributed by atoms with Crippen molar-refractivity contribution in [1.29, 1.82) is 0 Å². The molecule has 1 amide bonds. The van der Waals surface area contributed by atoms with E-state index in [4.69, 9.17) is 0 Å². The van der Waals surface area contributed by atoms with E-state index in [1.165, 1.54) is 0 Å². The maximum Gasteiger partial charge on any atom is 0.261 e. The molecular formula is C15H13FN6O. The van der Waals surface area contributed by atoms with Crippen LogP contribution in [0.5, 0.6) is 0 Å². The van der Waals surface area contributed by atoms with Crippen LogP contribution in [0.15, 0.2) is 24.8 Å². The van der Waals surface area contributed by atoms with Crippen LogP contribution < -0.4 is 5.32 Å². The second-order valence-electron chi connectivity index (χ2n) is 5.60. The highest BCUT2D eigenvalue weighted by Gasteiger charge is 2.25. The number of aryl methyl sites for hydroxylation is 1. The third-order valence-corrected chi connectivity index (χ3v) is 4.15. The van der Waals surface area contributed by atoms with Crippen LogP contribution in [0, 0.1) is 5.82 Å². The number of anilines is 1. The standard InChI is InChI=1S/C15H13FN6O/c1-8-2-3-12-10(8)4-11(13-21-19-7-22(12)13)14(23)20-15-17-5-9(16)6-18-15/h4-8H,2-3H2,1H3,(H,17,18,20,23). The van der Waals surface area contributed by atoms with Crippen molar-refractivity contribution in [2.45, 2.75) is 25.7 Å². The van der Waals surface area contributed by atoms with Gasteiger partial charge in [0.25, 0.3) is 5.91 Å². The number of amides is 1. The van der Waals surface area contributed by atoms with Gasteiger partial charge in [0.1, 0.15) is 6.33 Å². The van der Waals surface area contributed by atoms with E-state index in [-0.39, 0.29) is 5.95 Å². The summed E-state index contributed by atoms with van der Waals surface area (Å²) in [5.41, 5.74) is 3.18. The number of carbonyl (C=O) groups excluding carboxylic acids is 1. The lowest BCUT2D eigenvalue weighted by Gasteiger charge is -2.10. The van der Waals surface area contributed by atoms with Gasteiger partial charge in [-0.05, 0) is 30.4 Å². The van der Waals surface area contributed by atoms with Crippen LogP contribution in [0.2, 0.25) is 0 Å². The Hall–Kier alpha value is -2.90. The summed E-state index contributed by atoms with van der Waals surface area (Å²) in [6.45, 7) is 2.13. The molecule has 3 aromatic rings. The Morgan fingerprint density at radius 1 is 1.39 bits per heavy atom. The van der Waals surface area contributed by atoms with Gasteiger partial charge in [-0.2, -0.15) is 0 Å². The van der Waals surface area contributed by atoms with Gasteiger partial charge in [0, 0.05) is 5.69 Å². The maximum atomic E-state index is 12.8. The number of aromatic nitrogens is 5. The number of hydrogen-bond donors (Lipinski definition) is 1. The molecule has 1 aliphatic rings. The van der Waals surface area contributed by atoms with E-state index in [0.29, 0.717) is 17.1 Å². The predicted molar refractivity (Wildman–Crippen MR) is 79.7 cm³/mol. The second-order valence-corrected chi connectivity index (χ2v) is 5.60. The Labute approximate surface area is 130 Å². The third-order valence-electron chi connectivity index (χ3n) is 4.15. The monoisotopic (exact) mass is 312 g/mol. The van der Waals surface area contributed by atoms with Crippen LogP contribution in [-0.2, 0) is 6.42 Å². The smallest absolute Gasteiger partial charge is 0.261 e. The van der Waals surface area contributed by atoms with Crippen LogP contribution in [0.1, 0.15) is 40.9 Å². The lowest BCUT2D eigenvalue weighted by Crippen LogP contribution is -2.16. The fourth-order valence-electron chi connectivity index (χ4n) is 2.97. The van der Waals surface area contributed by atoms with Crippen molar-refractivity contribution in [3.63, 3.8) is 0 Å². The minimum absolute atomic E-state index is 0.0441. The highest BCUT2D eigenvalue weighted by molar-refractivity contribution is 6.07. The lowest BCUT2D eigenvalue weighted by atomic mass is 10.0. The average molecular weight is 312 g/mol. The molecule has 4 rings (SSSR count). The Morgan fingerprint density at radius 3 is 2.96 bits per heavy atom. The van der Waals surface area contributed by atoms with Gasteiger partial charge in [-0.3, -0.25) is 14.5 Å². The summed E-state index contributed by atoms with van der Waals surface area (Å²) in [5, 5.41) is 10.5. The Bertz CT molecular complexity index is 904. The molecule has 0 fully saturated rings. The van der Waals surface area contributed by atoms with E-state index < -0.39 is 11.7 Å². The van der Waals surface area contributed by atoms with E-state index in [9.17, 15) is 9.18 Å². The number of rotatable bonds is 2. The van der Waals surface area contributed by atoms with Crippen molar-refractivity contribution in [2.75, 3.05) is 5.32 Å². The van der Waals surface area contributed by atoms with Gasteiger partial charge in [-0.25, -0.2) is 14.4 Å². The molecule has 0 aliphatic heterocycles. The number of nitrogens with one attached hydrogen (secondary N) is 1. The molecule has 1 atom stereocenters. The van der Waals surface area contributed by atoms with Gasteiger partial charge >= 0.3 is 0 Å². The van der Waals surface area contributed by atoms with Gasteiger partial charge in [-0.15, -0.1) is 10.2 Å². The summed E-state index contributed by atoms with van der Waals surface area (Å²) >= 11 is 0. The lowest BCUT2D eigenvalue weighted by molar-refractivity contribution is 0.102. The fourth-order valence-corrected chi connectivity index (χ4v) is 2.97. The number of fused-ring (bicyclic) bond motifs is 3. The molecule has 1 aliphatic carbocycles. The first-order valence-corrected chi connectivity index (χ1v) is 7.28. The van der Waals surface area contributed by atoms with E-state index in [1.54, 1.807) is 6.33 Å². The van der Waals surface area contributed by atoms with Crippen LogP contribution in [0.25, 0.3) is 5.65 Å². The molecule has 0 radical (unpaired) electrons. The molecule has 3 aromatic heterocycles. The fraction of sp³-hybridized carbons (Fsp3) is 0.267. The SMILES string of the molecule is CC1CCc2c1cc(C(=O)Nc1ncc(F)cn1)c1nncn21. The molecule has 8 heteroatoms. The zero-order chi connectivity index (χ0) is 16.0. The summed E-state index contributed by atoms with van der Waals surface area (Å²) in [6, 6.07) is 1.86. The van der Waals surface area contributed by atoms with Crippen LogP contribution in [0.4, 0.5) is 10.3 Å². The molecule has 0 spiro atoms. The summed E-state index contributed by atoms with van der Waals surface area (Å²) in [6.07, 6.45) is 5.60. The van der Waals surface area contributed by atoms with E-state index in [1.807, 2.05) is 10.5 Å². The largest absolute Gasteiger partial charge is 0.290 e. The molecule has 3 heterocycles. The molecule has 1 N–H and O–H groups in total. The predicted octanol–water partition coefficient (Wildman–Crippen LogP) is 1.96. The molecule has 116 valence electrons. The number of carbonyl (C=O) groups is 1. The summed E-state index contributed by atoms with van der Waals surface area (Å²) in [7, 11) is 0. The van der Waals surface area contributed by atoms with Gasteiger partial charge in [0.15, 0.2) is 11.5 Å². The van der Waals surface area contributed by atoms with Crippen molar-refractivity contribution in [1.82, 2.24) is 24.6 Å². The number of pyridine rings is 1. The molecule has 0 bridgehead atoms. The summed E-state index contributed by atoms with van der Waals surface area (Å²) < 4.78 is 14.7. The Kier molecular flexibility index (Phi) is 3.03. The number of halogens is 1. The minimum atomic E-state index is -0.561. The van der Waals surface area contributed by atoms with Crippen molar-refractivity contribution < 1.29 is 9.18 Å². The van der Waals surface area contributed by atoms with Crippen LogP contribution in [-0.4, -0.2) is 30.5 Å². The van der Waals surface area contributed by atoms with Crippen LogP contribution >= 0.6 is 0 Å². The maximum absolute atomic E-state index is 12.8. The Balaban J connectivity index is 1.76. The van der Waals surface area contributed by atoms with Crippen molar-refractivity contribution in [3.05, 3.63) is 47.4 Å². The quantitative estimate of drug-likeness (QED) is 0.782. The molecule has 7 nitrogen and oxygen atoms in total. The molecule has 0 saturated heterocycles. The summed E-state index contributed by atoms with van der Waals surface area (Å²) in [4.78, 5) is 20.0. The zero-order valence-corrected chi connectivity index (χ0v) is 12.3. The molecular weight excluding hydrogens is 299 g/mol. The first-order valence-electron chi connectivity index (χ1n) is 7.28. The second kappa shape index (κ2) is 5.08. The van der Waals surface area contributed by atoms with E-state index in [2.05, 4.69) is 32.4 Å². The highest BCUT2D eigenvalue weighted by atomic mass is 19.1. The van der Waals surface area contributed by atoms with Gasteiger partial charge in [0.2, 0.25) is 5.95 Å². The molecule has 0 aromatic carbocycles. The van der Waals surface area contributed by atoms with Gasteiger partial charge in [-0.1, -0.05) is 6.92 Å².